The minimum absolute atomic E-state index is 0.0112. The van der Waals surface area contributed by atoms with Gasteiger partial charge in [0.25, 0.3) is 5.91 Å². The number of hydrogen-bond acceptors (Lipinski definition) is 4. The smallest absolute Gasteiger partial charge is 0.253 e. The second kappa shape index (κ2) is 11.2. The first-order chi connectivity index (χ1) is 14.0. The van der Waals surface area contributed by atoms with E-state index in [1.165, 1.54) is 0 Å². The molecule has 0 atom stereocenters. The topological polar surface area (TPSA) is 82.8 Å². The standard InChI is InChI=1S/C22H33N5O2/c1-6-17(7-2)20-14-19(29-26-20)15-25-22(23-3)24-12-11-16-9-8-10-18(13-16)21(28)27(4)5/h8-10,13-14,17H,6-7,11-12,15H2,1-5H3,(H2,23,24,25). The number of hydrogen-bond donors (Lipinski definition) is 2. The van der Waals surface area contributed by atoms with Crippen LogP contribution in [0.3, 0.4) is 0 Å². The van der Waals surface area contributed by atoms with Crippen LogP contribution in [0.15, 0.2) is 39.8 Å². The molecule has 7 nitrogen and oxygen atoms in total. The predicted molar refractivity (Wildman–Crippen MR) is 116 cm³/mol. The van der Waals surface area contributed by atoms with E-state index in [4.69, 9.17) is 4.52 Å². The van der Waals surface area contributed by atoms with Crippen molar-refractivity contribution in [2.75, 3.05) is 27.7 Å². The maximum Gasteiger partial charge on any atom is 0.253 e. The highest BCUT2D eigenvalue weighted by Gasteiger charge is 2.13. The van der Waals surface area contributed by atoms with Crippen LogP contribution in [0, 0.1) is 0 Å². The Kier molecular flexibility index (Phi) is 8.70. The van der Waals surface area contributed by atoms with Gasteiger partial charge in [-0.05, 0) is 37.0 Å². The third-order valence-corrected chi connectivity index (χ3v) is 4.92. The molecule has 1 aromatic heterocycles. The molecule has 158 valence electrons. The minimum atomic E-state index is 0.0112. The molecule has 1 aromatic carbocycles. The van der Waals surface area contributed by atoms with E-state index >= 15 is 0 Å². The zero-order valence-electron chi connectivity index (χ0n) is 18.2. The molecule has 0 bridgehead atoms. The Morgan fingerprint density at radius 1 is 1.21 bits per heavy atom. The van der Waals surface area contributed by atoms with Crippen LogP contribution in [-0.2, 0) is 13.0 Å². The molecule has 0 unspecified atom stereocenters. The maximum atomic E-state index is 12.1. The lowest BCUT2D eigenvalue weighted by atomic mass is 9.99. The van der Waals surface area contributed by atoms with Crippen LogP contribution in [0.25, 0.3) is 0 Å². The number of nitrogens with zero attached hydrogens (tertiary/aromatic N) is 3. The summed E-state index contributed by atoms with van der Waals surface area (Å²) in [5.41, 5.74) is 2.82. The number of benzene rings is 1. The molecule has 0 saturated heterocycles. The van der Waals surface area contributed by atoms with Crippen molar-refractivity contribution in [3.8, 4) is 0 Å². The van der Waals surface area contributed by atoms with Gasteiger partial charge in [0.15, 0.2) is 11.7 Å². The maximum absolute atomic E-state index is 12.1. The van der Waals surface area contributed by atoms with Crippen LogP contribution in [0.4, 0.5) is 0 Å². The summed E-state index contributed by atoms with van der Waals surface area (Å²) in [7, 11) is 5.25. The molecule has 2 N–H and O–H groups in total. The molecular formula is C22H33N5O2. The quantitative estimate of drug-likeness (QED) is 0.500. The van der Waals surface area contributed by atoms with Crippen molar-refractivity contribution < 1.29 is 9.32 Å². The molecule has 0 aliphatic rings. The van der Waals surface area contributed by atoms with E-state index in [9.17, 15) is 4.79 Å². The molecule has 0 aliphatic carbocycles. The van der Waals surface area contributed by atoms with Crippen molar-refractivity contribution in [2.45, 2.75) is 45.6 Å². The number of aromatic nitrogens is 1. The second-order valence-corrected chi connectivity index (χ2v) is 7.23. The van der Waals surface area contributed by atoms with E-state index in [1.807, 2.05) is 30.3 Å². The molecule has 0 saturated carbocycles. The summed E-state index contributed by atoms with van der Waals surface area (Å²) in [6, 6.07) is 9.74. The first kappa shape index (κ1) is 22.5. The van der Waals surface area contributed by atoms with E-state index in [1.54, 1.807) is 26.0 Å². The van der Waals surface area contributed by atoms with E-state index < -0.39 is 0 Å². The van der Waals surface area contributed by atoms with Gasteiger partial charge in [0.2, 0.25) is 0 Å². The lowest BCUT2D eigenvalue weighted by Gasteiger charge is -2.12. The fourth-order valence-electron chi connectivity index (χ4n) is 3.15. The van der Waals surface area contributed by atoms with E-state index in [2.05, 4.69) is 34.6 Å². The van der Waals surface area contributed by atoms with Gasteiger partial charge in [-0.3, -0.25) is 9.79 Å². The number of guanidine groups is 1. The Morgan fingerprint density at radius 2 is 1.97 bits per heavy atom. The molecule has 0 aliphatic heterocycles. The largest absolute Gasteiger partial charge is 0.359 e. The van der Waals surface area contributed by atoms with Crippen molar-refractivity contribution in [1.29, 1.82) is 0 Å². The number of nitrogens with one attached hydrogen (secondary N) is 2. The summed E-state index contributed by atoms with van der Waals surface area (Å²) in [6.45, 7) is 5.56. The zero-order valence-corrected chi connectivity index (χ0v) is 18.2. The van der Waals surface area contributed by atoms with Crippen LogP contribution in [0.5, 0.6) is 0 Å². The number of carbonyl (C=O) groups excluding carboxylic acids is 1. The van der Waals surface area contributed by atoms with Gasteiger partial charge in [-0.2, -0.15) is 0 Å². The third kappa shape index (κ3) is 6.62. The molecule has 0 fully saturated rings. The Balaban J connectivity index is 1.83. The highest BCUT2D eigenvalue weighted by atomic mass is 16.5. The second-order valence-electron chi connectivity index (χ2n) is 7.23. The summed E-state index contributed by atoms with van der Waals surface area (Å²) in [5, 5.41) is 10.7. The van der Waals surface area contributed by atoms with Crippen LogP contribution in [0.2, 0.25) is 0 Å². The Labute approximate surface area is 173 Å². The summed E-state index contributed by atoms with van der Waals surface area (Å²) < 4.78 is 5.44. The number of amides is 1. The molecule has 2 rings (SSSR count). The average molecular weight is 400 g/mol. The Bertz CT molecular complexity index is 809. The first-order valence-electron chi connectivity index (χ1n) is 10.2. The molecule has 29 heavy (non-hydrogen) atoms. The van der Waals surface area contributed by atoms with Gasteiger partial charge in [0.1, 0.15) is 0 Å². The lowest BCUT2D eigenvalue weighted by Crippen LogP contribution is -2.37. The number of aliphatic imine (C=N–C) groups is 1. The normalized spacial score (nSPS) is 11.6. The van der Waals surface area contributed by atoms with Gasteiger partial charge in [0, 0.05) is 45.2 Å². The van der Waals surface area contributed by atoms with Crippen molar-refractivity contribution in [3.63, 3.8) is 0 Å². The molecule has 2 aromatic rings. The molecule has 0 radical (unpaired) electrons. The highest BCUT2D eigenvalue weighted by Crippen LogP contribution is 2.22. The molecule has 7 heteroatoms. The summed E-state index contributed by atoms with van der Waals surface area (Å²) >= 11 is 0. The highest BCUT2D eigenvalue weighted by molar-refractivity contribution is 5.94. The summed E-state index contributed by atoms with van der Waals surface area (Å²) in [5.74, 6) is 1.95. The Morgan fingerprint density at radius 3 is 2.62 bits per heavy atom. The van der Waals surface area contributed by atoms with Gasteiger partial charge >= 0.3 is 0 Å². The predicted octanol–water partition coefficient (Wildman–Crippen LogP) is 3.19. The van der Waals surface area contributed by atoms with Gasteiger partial charge in [-0.1, -0.05) is 31.1 Å². The number of rotatable bonds is 9. The van der Waals surface area contributed by atoms with E-state index in [0.717, 1.165) is 36.3 Å². The summed E-state index contributed by atoms with van der Waals surface area (Å²) in [6.07, 6.45) is 2.90. The van der Waals surface area contributed by atoms with Crippen molar-refractivity contribution in [3.05, 3.63) is 52.9 Å². The van der Waals surface area contributed by atoms with Crippen molar-refractivity contribution in [2.24, 2.45) is 4.99 Å². The molecule has 0 spiro atoms. The zero-order chi connectivity index (χ0) is 21.2. The van der Waals surface area contributed by atoms with Gasteiger partial charge in [-0.25, -0.2) is 0 Å². The van der Waals surface area contributed by atoms with Crippen LogP contribution in [0.1, 0.15) is 60.0 Å². The van der Waals surface area contributed by atoms with Crippen LogP contribution >= 0.6 is 0 Å². The summed E-state index contributed by atoms with van der Waals surface area (Å²) in [4.78, 5) is 17.9. The van der Waals surface area contributed by atoms with Crippen molar-refractivity contribution in [1.82, 2.24) is 20.7 Å². The molecular weight excluding hydrogens is 366 g/mol. The van der Waals surface area contributed by atoms with E-state index in [0.29, 0.717) is 30.5 Å². The van der Waals surface area contributed by atoms with Crippen LogP contribution in [-0.4, -0.2) is 49.6 Å². The van der Waals surface area contributed by atoms with Gasteiger partial charge in [0.05, 0.1) is 12.2 Å². The van der Waals surface area contributed by atoms with Gasteiger partial charge in [-0.15, -0.1) is 0 Å². The van der Waals surface area contributed by atoms with Gasteiger partial charge < -0.3 is 20.1 Å². The first-order valence-corrected chi connectivity index (χ1v) is 10.2. The monoisotopic (exact) mass is 399 g/mol. The lowest BCUT2D eigenvalue weighted by molar-refractivity contribution is 0.0827. The van der Waals surface area contributed by atoms with Crippen molar-refractivity contribution >= 4 is 11.9 Å². The average Bonchev–Trinajstić information content (AvgIpc) is 3.19. The third-order valence-electron chi connectivity index (χ3n) is 4.92. The minimum Gasteiger partial charge on any atom is -0.359 e. The fourth-order valence-corrected chi connectivity index (χ4v) is 3.15. The fraction of sp³-hybridized carbons (Fsp3) is 0.500. The van der Waals surface area contributed by atoms with E-state index in [-0.39, 0.29) is 5.91 Å². The Hall–Kier alpha value is -2.83. The molecule has 1 amide bonds. The number of carbonyl (C=O) groups is 1. The molecule has 1 heterocycles. The van der Waals surface area contributed by atoms with Crippen LogP contribution < -0.4 is 10.6 Å². The SMILES string of the molecule is CCC(CC)c1cc(CNC(=NC)NCCc2cccc(C(=O)N(C)C)c2)on1.